The van der Waals surface area contributed by atoms with Gasteiger partial charge in [0.25, 0.3) is 5.91 Å². The lowest BCUT2D eigenvalue weighted by Gasteiger charge is -2.23. The average Bonchev–Trinajstić information content (AvgIpc) is 2.68. The molecule has 0 unspecified atom stereocenters. The van der Waals surface area contributed by atoms with Gasteiger partial charge in [-0.15, -0.1) is 0 Å². The summed E-state index contributed by atoms with van der Waals surface area (Å²) < 4.78 is 22.5. The predicted octanol–water partition coefficient (Wildman–Crippen LogP) is 2.93. The van der Waals surface area contributed by atoms with Crippen molar-refractivity contribution in [2.45, 2.75) is 38.0 Å². The molecule has 1 amide bonds. The van der Waals surface area contributed by atoms with E-state index >= 15 is 0 Å². The Morgan fingerprint density at radius 3 is 2.21 bits per heavy atom. The number of carbonyl (C=O) groups excluding carboxylic acids is 1. The van der Waals surface area contributed by atoms with Gasteiger partial charge in [0.05, 0.1) is 4.90 Å². The Bertz CT molecular complexity index is 863. The van der Waals surface area contributed by atoms with Crippen molar-refractivity contribution in [2.75, 3.05) is 24.5 Å². The summed E-state index contributed by atoms with van der Waals surface area (Å²) in [6, 6.07) is 14.0. The monoisotopic (exact) mass is 403 g/mol. The molecule has 6 nitrogen and oxygen atoms in total. The Hall–Kier alpha value is -2.38. The maximum Gasteiger partial charge on any atom is 0.251 e. The molecule has 0 aliphatic carbocycles. The lowest BCUT2D eigenvalue weighted by atomic mass is 10.1. The van der Waals surface area contributed by atoms with Crippen molar-refractivity contribution in [3.05, 3.63) is 59.7 Å². The molecule has 7 heteroatoms. The first kappa shape index (κ1) is 21.9. The Morgan fingerprint density at radius 1 is 1.04 bits per heavy atom. The van der Waals surface area contributed by atoms with E-state index in [1.54, 1.807) is 12.1 Å². The molecule has 2 rings (SSSR count). The topological polar surface area (TPSA) is 92.5 Å². The highest BCUT2D eigenvalue weighted by Crippen LogP contribution is 2.16. The molecule has 0 saturated heterocycles. The van der Waals surface area contributed by atoms with E-state index in [0.29, 0.717) is 18.5 Å². The second-order valence-electron chi connectivity index (χ2n) is 6.67. The number of benzene rings is 2. The van der Waals surface area contributed by atoms with E-state index in [-0.39, 0.29) is 10.8 Å². The summed E-state index contributed by atoms with van der Waals surface area (Å²) in [5, 5.41) is 7.98. The number of unbranched alkanes of at least 4 members (excludes halogenated alkanes) is 1. The fourth-order valence-corrected chi connectivity index (χ4v) is 3.43. The van der Waals surface area contributed by atoms with Crippen LogP contribution in [0.2, 0.25) is 0 Å². The van der Waals surface area contributed by atoms with Crippen LogP contribution < -0.4 is 15.4 Å². The highest BCUT2D eigenvalue weighted by Gasteiger charge is 2.09. The van der Waals surface area contributed by atoms with Gasteiger partial charge in [-0.1, -0.05) is 25.5 Å². The van der Waals surface area contributed by atoms with Crippen LogP contribution in [0.4, 0.5) is 5.69 Å². The zero-order chi connectivity index (χ0) is 20.6. The van der Waals surface area contributed by atoms with Crippen LogP contribution in [0.3, 0.4) is 0 Å². The van der Waals surface area contributed by atoms with Crippen LogP contribution in [0.15, 0.2) is 53.4 Å². The van der Waals surface area contributed by atoms with Gasteiger partial charge >= 0.3 is 0 Å². The van der Waals surface area contributed by atoms with Crippen LogP contribution in [0.5, 0.6) is 0 Å². The van der Waals surface area contributed by atoms with Crippen molar-refractivity contribution in [1.82, 2.24) is 5.32 Å². The summed E-state index contributed by atoms with van der Waals surface area (Å²) in [7, 11) is -3.68. The number of nitrogens with zero attached hydrogens (tertiary/aromatic N) is 1. The molecule has 0 spiro atoms. The van der Waals surface area contributed by atoms with Gasteiger partial charge < -0.3 is 10.2 Å². The highest BCUT2D eigenvalue weighted by molar-refractivity contribution is 7.89. The zero-order valence-electron chi connectivity index (χ0n) is 16.5. The van der Waals surface area contributed by atoms with Gasteiger partial charge in [-0.3, -0.25) is 4.79 Å². The van der Waals surface area contributed by atoms with Crippen LogP contribution >= 0.6 is 0 Å². The zero-order valence-corrected chi connectivity index (χ0v) is 17.3. The predicted molar refractivity (Wildman–Crippen MR) is 113 cm³/mol. The van der Waals surface area contributed by atoms with Crippen molar-refractivity contribution in [2.24, 2.45) is 5.14 Å². The van der Waals surface area contributed by atoms with Crippen LogP contribution in [0.1, 0.15) is 42.6 Å². The summed E-state index contributed by atoms with van der Waals surface area (Å²) in [5.74, 6) is -0.121. The number of nitrogens with one attached hydrogen (secondary N) is 1. The van der Waals surface area contributed by atoms with Gasteiger partial charge in [-0.2, -0.15) is 0 Å². The Morgan fingerprint density at radius 2 is 1.68 bits per heavy atom. The molecule has 0 heterocycles. The van der Waals surface area contributed by atoms with Gasteiger partial charge in [-0.25, -0.2) is 13.6 Å². The van der Waals surface area contributed by atoms with E-state index in [9.17, 15) is 13.2 Å². The first-order valence-corrected chi connectivity index (χ1v) is 11.1. The molecule has 152 valence electrons. The van der Waals surface area contributed by atoms with Crippen molar-refractivity contribution < 1.29 is 13.2 Å². The number of hydrogen-bond acceptors (Lipinski definition) is 4. The molecule has 0 fully saturated rings. The normalized spacial score (nSPS) is 11.2. The largest absolute Gasteiger partial charge is 0.372 e. The summed E-state index contributed by atoms with van der Waals surface area (Å²) in [6.45, 7) is 6.73. The number of hydrogen-bond donors (Lipinski definition) is 2. The van der Waals surface area contributed by atoms with Gasteiger partial charge in [0.15, 0.2) is 0 Å². The summed E-state index contributed by atoms with van der Waals surface area (Å²) in [6.07, 6.45) is 2.91. The van der Waals surface area contributed by atoms with E-state index in [1.165, 1.54) is 12.1 Å². The molecule has 0 aromatic heterocycles. The van der Waals surface area contributed by atoms with E-state index in [0.717, 1.165) is 37.2 Å². The van der Waals surface area contributed by atoms with Gasteiger partial charge in [0.1, 0.15) is 0 Å². The molecule has 3 N–H and O–H groups in total. The van der Waals surface area contributed by atoms with E-state index in [4.69, 9.17) is 5.14 Å². The smallest absolute Gasteiger partial charge is 0.251 e. The SMILES string of the molecule is CCCCN(CC)c1ccc(C(=O)NCCc2ccc(S(N)(=O)=O)cc2)cc1. The number of sulfonamides is 1. The van der Waals surface area contributed by atoms with E-state index in [1.807, 2.05) is 24.3 Å². The number of anilines is 1. The molecular weight excluding hydrogens is 374 g/mol. The lowest BCUT2D eigenvalue weighted by Crippen LogP contribution is -2.26. The molecule has 2 aromatic rings. The number of amides is 1. The summed E-state index contributed by atoms with van der Waals surface area (Å²) in [5.41, 5.74) is 2.68. The van der Waals surface area contributed by atoms with E-state index < -0.39 is 10.0 Å². The molecule has 2 aromatic carbocycles. The second kappa shape index (κ2) is 10.2. The molecule has 0 saturated carbocycles. The van der Waals surface area contributed by atoms with Gasteiger partial charge in [0, 0.05) is 30.9 Å². The van der Waals surface area contributed by atoms with Crippen LogP contribution in [-0.2, 0) is 16.4 Å². The second-order valence-corrected chi connectivity index (χ2v) is 8.24. The molecule has 0 bridgehead atoms. The quantitative estimate of drug-likeness (QED) is 0.638. The Balaban J connectivity index is 1.87. The minimum absolute atomic E-state index is 0.0837. The third-order valence-corrected chi connectivity index (χ3v) is 5.54. The van der Waals surface area contributed by atoms with Crippen LogP contribution in [0.25, 0.3) is 0 Å². The summed E-state index contributed by atoms with van der Waals surface area (Å²) >= 11 is 0. The molecule has 0 atom stereocenters. The van der Waals surface area contributed by atoms with E-state index in [2.05, 4.69) is 24.1 Å². The molecule has 0 aliphatic heterocycles. The third kappa shape index (κ3) is 6.35. The maximum absolute atomic E-state index is 12.3. The Kier molecular flexibility index (Phi) is 8.02. The van der Waals surface area contributed by atoms with Crippen molar-refractivity contribution in [3.63, 3.8) is 0 Å². The molecule has 28 heavy (non-hydrogen) atoms. The number of rotatable bonds is 10. The number of primary sulfonamides is 1. The molecular formula is C21H29N3O3S. The molecule has 0 aliphatic rings. The molecule has 0 radical (unpaired) electrons. The fraction of sp³-hybridized carbons (Fsp3) is 0.381. The number of nitrogens with two attached hydrogens (primary N) is 1. The van der Waals surface area contributed by atoms with Gasteiger partial charge in [0.2, 0.25) is 10.0 Å². The summed E-state index contributed by atoms with van der Waals surface area (Å²) in [4.78, 5) is 14.7. The van der Waals surface area contributed by atoms with Crippen LogP contribution in [-0.4, -0.2) is 34.0 Å². The fourth-order valence-electron chi connectivity index (χ4n) is 2.91. The van der Waals surface area contributed by atoms with Crippen molar-refractivity contribution >= 4 is 21.6 Å². The maximum atomic E-state index is 12.3. The minimum atomic E-state index is -3.68. The van der Waals surface area contributed by atoms with Crippen molar-refractivity contribution in [3.8, 4) is 0 Å². The first-order chi connectivity index (χ1) is 13.3. The third-order valence-electron chi connectivity index (χ3n) is 4.61. The Labute approximate surface area is 167 Å². The van der Waals surface area contributed by atoms with Crippen molar-refractivity contribution in [1.29, 1.82) is 0 Å². The van der Waals surface area contributed by atoms with Crippen LogP contribution in [0, 0.1) is 0 Å². The standard InChI is InChI=1S/C21H29N3O3S/c1-3-5-16-24(4-2)19-10-8-18(9-11-19)21(25)23-15-14-17-6-12-20(13-7-17)28(22,26)27/h6-13H,3-5,14-16H2,1-2H3,(H,23,25)(H2,22,26,27). The number of carbonyl (C=O) groups is 1. The first-order valence-electron chi connectivity index (χ1n) is 9.60. The highest BCUT2D eigenvalue weighted by atomic mass is 32.2. The minimum Gasteiger partial charge on any atom is -0.372 e. The van der Waals surface area contributed by atoms with Gasteiger partial charge in [-0.05, 0) is 61.7 Å². The lowest BCUT2D eigenvalue weighted by molar-refractivity contribution is 0.0954. The average molecular weight is 404 g/mol.